The van der Waals surface area contributed by atoms with E-state index in [2.05, 4.69) is 62.3 Å². The molecule has 5 heterocycles. The number of hydrogen-bond acceptors (Lipinski definition) is 6. The number of amides is 4. The van der Waals surface area contributed by atoms with E-state index >= 15 is 0 Å². The summed E-state index contributed by atoms with van der Waals surface area (Å²) in [4.78, 5) is 53.8. The van der Waals surface area contributed by atoms with Crippen molar-refractivity contribution < 1.29 is 14.4 Å². The second-order valence-corrected chi connectivity index (χ2v) is 14.6. The van der Waals surface area contributed by atoms with Gasteiger partial charge in [-0.2, -0.15) is 0 Å². The maximum absolute atomic E-state index is 13.4. The van der Waals surface area contributed by atoms with Crippen LogP contribution in [0.1, 0.15) is 49.7 Å². The number of nitrogens with zero attached hydrogens (tertiary/aromatic N) is 5. The Balaban J connectivity index is 0.821. The molecule has 8 rings (SSSR count). The highest BCUT2D eigenvalue weighted by atomic mass is 35.5. The number of H-pyrrole nitrogens is 1. The zero-order valence-corrected chi connectivity index (χ0v) is 30.3. The van der Waals surface area contributed by atoms with Crippen LogP contribution in [0.15, 0.2) is 73.1 Å². The SMILES string of the molecule is CCc1c[nH]c2ncc(-c3cccc(N4CCN(CCCN5CCC(c6ccc7c(N8CCC(=O)NC8=O)cccc7c6)CC5)CC4=O)c3)c(Cl)c12. The number of aromatic amines is 1. The van der Waals surface area contributed by atoms with Gasteiger partial charge in [-0.05, 0) is 98.1 Å². The van der Waals surface area contributed by atoms with Crippen molar-refractivity contribution >= 4 is 62.6 Å². The highest BCUT2D eigenvalue weighted by Gasteiger charge is 2.28. The molecule has 0 bridgehead atoms. The van der Waals surface area contributed by atoms with E-state index in [1.807, 2.05) is 47.6 Å². The number of likely N-dealkylation sites (tertiary alicyclic amines) is 1. The molecule has 0 radical (unpaired) electrons. The minimum atomic E-state index is -0.354. The Kier molecular flexibility index (Phi) is 9.70. The van der Waals surface area contributed by atoms with Crippen molar-refractivity contribution in [3.05, 3.63) is 89.2 Å². The number of benzene rings is 3. The Bertz CT molecular complexity index is 2160. The minimum Gasteiger partial charge on any atom is -0.346 e. The average Bonchev–Trinajstić information content (AvgIpc) is 3.59. The molecule has 0 spiro atoms. The van der Waals surface area contributed by atoms with Crippen LogP contribution >= 0.6 is 11.6 Å². The molecule has 5 aromatic rings. The number of imide groups is 1. The fourth-order valence-corrected chi connectivity index (χ4v) is 8.57. The number of rotatable bonds is 9. The molecule has 3 aliphatic rings. The van der Waals surface area contributed by atoms with Crippen LogP contribution in [-0.2, 0) is 16.0 Å². The number of aromatic nitrogens is 2. The van der Waals surface area contributed by atoms with Crippen molar-refractivity contribution in [3.8, 4) is 11.1 Å². The molecule has 0 aliphatic carbocycles. The molecular weight excluding hydrogens is 674 g/mol. The Morgan fingerprint density at radius 1 is 0.885 bits per heavy atom. The number of aryl methyl sites for hydroxylation is 1. The molecule has 52 heavy (non-hydrogen) atoms. The predicted molar refractivity (Wildman–Crippen MR) is 207 cm³/mol. The normalized spacial score (nSPS) is 18.2. The van der Waals surface area contributed by atoms with Gasteiger partial charge in [-0.1, -0.05) is 61.0 Å². The summed E-state index contributed by atoms with van der Waals surface area (Å²) in [6, 6.07) is 20.4. The lowest BCUT2D eigenvalue weighted by Gasteiger charge is -2.36. The van der Waals surface area contributed by atoms with Gasteiger partial charge in [-0.15, -0.1) is 0 Å². The number of carbonyl (C=O) groups excluding carboxylic acids is 3. The van der Waals surface area contributed by atoms with E-state index in [9.17, 15) is 14.4 Å². The van der Waals surface area contributed by atoms with E-state index in [1.54, 1.807) is 4.90 Å². The number of piperazine rings is 1. The minimum absolute atomic E-state index is 0.125. The predicted octanol–water partition coefficient (Wildman–Crippen LogP) is 6.96. The van der Waals surface area contributed by atoms with E-state index in [0.29, 0.717) is 37.0 Å². The maximum atomic E-state index is 13.4. The summed E-state index contributed by atoms with van der Waals surface area (Å²) in [6.07, 6.45) is 8.22. The van der Waals surface area contributed by atoms with Gasteiger partial charge in [0.15, 0.2) is 0 Å². The van der Waals surface area contributed by atoms with Gasteiger partial charge in [0.1, 0.15) is 5.65 Å². The Labute approximate surface area is 308 Å². The number of anilines is 2. The molecule has 268 valence electrons. The number of hydrogen-bond donors (Lipinski definition) is 2. The van der Waals surface area contributed by atoms with Gasteiger partial charge in [0.25, 0.3) is 0 Å². The summed E-state index contributed by atoms with van der Waals surface area (Å²) >= 11 is 6.91. The van der Waals surface area contributed by atoms with Crippen LogP contribution in [0.5, 0.6) is 0 Å². The molecular formula is C41H44ClN7O3. The smallest absolute Gasteiger partial charge is 0.328 e. The van der Waals surface area contributed by atoms with Crippen LogP contribution in [0, 0.1) is 0 Å². The fourth-order valence-electron chi connectivity index (χ4n) is 8.20. The second kappa shape index (κ2) is 14.7. The van der Waals surface area contributed by atoms with Gasteiger partial charge >= 0.3 is 6.03 Å². The standard InChI is InChI=1S/C41H44ClN7O3/c1-2-27-24-43-40-38(27)39(42)34(25-44-40)31-6-3-8-32(23-31)48-21-20-47(26-37(48)51)16-5-15-46-17-12-28(13-18-46)29-10-11-33-30(22-29)7-4-9-35(33)49-19-14-36(50)45-41(49)52/h3-4,6-11,22-25,28H,2,5,12-21,26H2,1H3,(H,43,44)(H,45,50,52). The monoisotopic (exact) mass is 717 g/mol. The molecule has 3 aromatic carbocycles. The Hall–Kier alpha value is -4.77. The van der Waals surface area contributed by atoms with Gasteiger partial charge in [-0.3, -0.25) is 24.7 Å². The zero-order valence-electron chi connectivity index (χ0n) is 29.5. The molecule has 0 unspecified atom stereocenters. The molecule has 0 saturated carbocycles. The van der Waals surface area contributed by atoms with Crippen LogP contribution in [0.25, 0.3) is 32.9 Å². The number of carbonyl (C=O) groups is 3. The third-order valence-electron chi connectivity index (χ3n) is 11.1. The quantitative estimate of drug-likeness (QED) is 0.171. The molecule has 0 atom stereocenters. The van der Waals surface area contributed by atoms with Crippen LogP contribution in [0.4, 0.5) is 16.2 Å². The van der Waals surface area contributed by atoms with Crippen LogP contribution in [-0.4, -0.2) is 90.0 Å². The molecule has 3 fully saturated rings. The summed E-state index contributed by atoms with van der Waals surface area (Å²) < 4.78 is 0. The van der Waals surface area contributed by atoms with Gasteiger partial charge in [0.05, 0.1) is 17.3 Å². The van der Waals surface area contributed by atoms with E-state index in [-0.39, 0.29) is 17.8 Å². The van der Waals surface area contributed by atoms with E-state index in [1.165, 1.54) is 5.56 Å². The third kappa shape index (κ3) is 6.78. The first-order valence-electron chi connectivity index (χ1n) is 18.5. The highest BCUT2D eigenvalue weighted by Crippen LogP contribution is 2.37. The van der Waals surface area contributed by atoms with Crippen molar-refractivity contribution in [2.75, 3.05) is 62.2 Å². The number of halogens is 1. The third-order valence-corrected chi connectivity index (χ3v) is 11.5. The van der Waals surface area contributed by atoms with Crippen molar-refractivity contribution in [2.24, 2.45) is 0 Å². The van der Waals surface area contributed by atoms with E-state index in [0.717, 1.165) is 108 Å². The van der Waals surface area contributed by atoms with Crippen LogP contribution in [0.2, 0.25) is 5.02 Å². The van der Waals surface area contributed by atoms with Crippen molar-refractivity contribution in [3.63, 3.8) is 0 Å². The van der Waals surface area contributed by atoms with Gasteiger partial charge < -0.3 is 14.8 Å². The Morgan fingerprint density at radius 2 is 1.71 bits per heavy atom. The number of piperidine rings is 1. The lowest BCUT2D eigenvalue weighted by Crippen LogP contribution is -2.51. The molecule has 2 aromatic heterocycles. The zero-order chi connectivity index (χ0) is 35.8. The molecule has 2 N–H and O–H groups in total. The molecule has 3 aliphatic heterocycles. The van der Waals surface area contributed by atoms with Crippen molar-refractivity contribution in [2.45, 2.75) is 44.9 Å². The second-order valence-electron chi connectivity index (χ2n) is 14.2. The van der Waals surface area contributed by atoms with E-state index in [4.69, 9.17) is 11.6 Å². The number of fused-ring (bicyclic) bond motifs is 2. The summed E-state index contributed by atoms with van der Waals surface area (Å²) in [6.45, 7) is 8.50. The highest BCUT2D eigenvalue weighted by molar-refractivity contribution is 6.38. The average molecular weight is 718 g/mol. The summed E-state index contributed by atoms with van der Waals surface area (Å²) in [5.74, 6) is 0.404. The van der Waals surface area contributed by atoms with Gasteiger partial charge in [0.2, 0.25) is 11.8 Å². The molecule has 10 nitrogen and oxygen atoms in total. The maximum Gasteiger partial charge on any atom is 0.328 e. The lowest BCUT2D eigenvalue weighted by atomic mass is 9.88. The van der Waals surface area contributed by atoms with Crippen molar-refractivity contribution in [1.29, 1.82) is 0 Å². The van der Waals surface area contributed by atoms with Crippen LogP contribution < -0.4 is 15.1 Å². The molecule has 11 heteroatoms. The van der Waals surface area contributed by atoms with Crippen molar-refractivity contribution in [1.82, 2.24) is 25.1 Å². The summed E-state index contributed by atoms with van der Waals surface area (Å²) in [7, 11) is 0. The first-order valence-corrected chi connectivity index (χ1v) is 18.9. The largest absolute Gasteiger partial charge is 0.346 e. The first kappa shape index (κ1) is 34.3. The number of pyridine rings is 1. The fraction of sp³-hybridized carbons (Fsp3) is 0.366. The van der Waals surface area contributed by atoms with Gasteiger partial charge in [0, 0.05) is 60.5 Å². The first-order chi connectivity index (χ1) is 25.4. The Morgan fingerprint density at radius 3 is 2.52 bits per heavy atom. The molecule has 3 saturated heterocycles. The number of urea groups is 1. The van der Waals surface area contributed by atoms with Gasteiger partial charge in [-0.25, -0.2) is 9.78 Å². The number of nitrogens with one attached hydrogen (secondary N) is 2. The topological polar surface area (TPSA) is 105 Å². The summed E-state index contributed by atoms with van der Waals surface area (Å²) in [5, 5.41) is 6.23. The summed E-state index contributed by atoms with van der Waals surface area (Å²) in [5.41, 5.74) is 6.85. The molecule has 4 amide bonds. The van der Waals surface area contributed by atoms with Crippen LogP contribution in [0.3, 0.4) is 0 Å². The lowest BCUT2D eigenvalue weighted by molar-refractivity contribution is -0.121. The van der Waals surface area contributed by atoms with E-state index < -0.39 is 0 Å².